The van der Waals surface area contributed by atoms with E-state index in [-0.39, 0.29) is 5.92 Å². The average Bonchev–Trinajstić information content (AvgIpc) is 1.97. The van der Waals surface area contributed by atoms with Gasteiger partial charge in [-0.1, -0.05) is 25.0 Å². The highest BCUT2D eigenvalue weighted by molar-refractivity contribution is 5.85. The second-order valence-corrected chi connectivity index (χ2v) is 3.68. The summed E-state index contributed by atoms with van der Waals surface area (Å²) in [5, 5.41) is 0. The maximum atomic E-state index is 11.3. The molecule has 62 valence electrons. The highest BCUT2D eigenvalue weighted by Gasteiger charge is 2.27. The number of hydrogen-bond acceptors (Lipinski definition) is 1. The first-order valence-corrected chi connectivity index (χ1v) is 4.23. The van der Waals surface area contributed by atoms with Crippen molar-refractivity contribution in [3.63, 3.8) is 0 Å². The highest BCUT2D eigenvalue weighted by Crippen LogP contribution is 2.31. The molecule has 0 aromatic carbocycles. The Morgan fingerprint density at radius 2 is 1.73 bits per heavy atom. The monoisotopic (exact) mass is 152 g/mol. The van der Waals surface area contributed by atoms with E-state index in [2.05, 4.69) is 20.8 Å². The maximum absolute atomic E-state index is 11.3. The van der Waals surface area contributed by atoms with Gasteiger partial charge in [0.15, 0.2) is 0 Å². The molecule has 0 heterocycles. The third kappa shape index (κ3) is 1.37. The lowest BCUT2D eigenvalue weighted by atomic mass is 9.77. The summed E-state index contributed by atoms with van der Waals surface area (Å²) in [6.07, 6.45) is 0.678. The molecule has 0 fully saturated rings. The second kappa shape index (κ2) is 2.80. The van der Waals surface area contributed by atoms with Crippen LogP contribution in [0.25, 0.3) is 0 Å². The zero-order chi connectivity index (χ0) is 8.59. The molecule has 0 bridgehead atoms. The molecule has 0 spiro atoms. The Bertz CT molecular complexity index is 213. The number of rotatable bonds is 0. The van der Waals surface area contributed by atoms with Crippen molar-refractivity contribution in [1.29, 1.82) is 0 Å². The molecular weight excluding hydrogens is 136 g/mol. The van der Waals surface area contributed by atoms with E-state index in [1.807, 2.05) is 6.92 Å². The van der Waals surface area contributed by atoms with Crippen molar-refractivity contribution in [3.8, 4) is 0 Å². The van der Waals surface area contributed by atoms with Gasteiger partial charge in [0, 0.05) is 12.3 Å². The summed E-state index contributed by atoms with van der Waals surface area (Å²) < 4.78 is 0. The summed E-state index contributed by atoms with van der Waals surface area (Å²) >= 11 is 0. The molecule has 0 N–H and O–H groups in total. The number of allylic oxidation sites excluding steroid dienone is 2. The van der Waals surface area contributed by atoms with E-state index in [9.17, 15) is 4.79 Å². The molecule has 2 unspecified atom stereocenters. The molecule has 0 saturated heterocycles. The Kier molecular flexibility index (Phi) is 2.17. The molecule has 1 aliphatic rings. The zero-order valence-corrected chi connectivity index (χ0v) is 7.77. The minimum atomic E-state index is 0.235. The van der Waals surface area contributed by atoms with E-state index in [0.29, 0.717) is 18.1 Å². The molecule has 0 radical (unpaired) electrons. The van der Waals surface area contributed by atoms with Crippen molar-refractivity contribution >= 4 is 5.78 Å². The van der Waals surface area contributed by atoms with Crippen molar-refractivity contribution in [3.05, 3.63) is 11.1 Å². The van der Waals surface area contributed by atoms with Gasteiger partial charge in [-0.2, -0.15) is 0 Å². The SMILES string of the molecule is CC1=C(C)C(C)C(C)C(=O)C1. The molecule has 11 heavy (non-hydrogen) atoms. The van der Waals surface area contributed by atoms with E-state index in [1.54, 1.807) is 0 Å². The van der Waals surface area contributed by atoms with E-state index in [1.165, 1.54) is 11.1 Å². The summed E-state index contributed by atoms with van der Waals surface area (Å²) in [6.45, 7) is 8.38. The van der Waals surface area contributed by atoms with Gasteiger partial charge >= 0.3 is 0 Å². The van der Waals surface area contributed by atoms with Crippen LogP contribution in [0, 0.1) is 11.8 Å². The third-order valence-electron chi connectivity index (χ3n) is 3.05. The summed E-state index contributed by atoms with van der Waals surface area (Å²) in [5.74, 6) is 1.09. The third-order valence-corrected chi connectivity index (χ3v) is 3.05. The second-order valence-electron chi connectivity index (χ2n) is 3.68. The largest absolute Gasteiger partial charge is 0.299 e. The van der Waals surface area contributed by atoms with Crippen molar-refractivity contribution < 1.29 is 4.79 Å². The van der Waals surface area contributed by atoms with Gasteiger partial charge in [0.05, 0.1) is 0 Å². The van der Waals surface area contributed by atoms with Crippen LogP contribution in [0.4, 0.5) is 0 Å². The summed E-state index contributed by atoms with van der Waals surface area (Å²) in [6, 6.07) is 0. The van der Waals surface area contributed by atoms with Crippen molar-refractivity contribution in [2.24, 2.45) is 11.8 Å². The molecule has 1 aliphatic carbocycles. The van der Waals surface area contributed by atoms with Crippen LogP contribution >= 0.6 is 0 Å². The van der Waals surface area contributed by atoms with E-state index in [4.69, 9.17) is 0 Å². The molecule has 1 heteroatoms. The number of Topliss-reactive ketones (excluding diaryl/α,β-unsaturated/α-hetero) is 1. The van der Waals surface area contributed by atoms with E-state index >= 15 is 0 Å². The maximum Gasteiger partial charge on any atom is 0.140 e. The lowest BCUT2D eigenvalue weighted by molar-refractivity contribution is -0.123. The molecule has 0 aliphatic heterocycles. The van der Waals surface area contributed by atoms with Crippen LogP contribution in [0.15, 0.2) is 11.1 Å². The zero-order valence-electron chi connectivity index (χ0n) is 7.77. The molecule has 0 amide bonds. The van der Waals surface area contributed by atoms with Crippen LogP contribution in [0.5, 0.6) is 0 Å². The standard InChI is InChI=1S/C10H16O/c1-6-5-10(11)9(4)8(3)7(6)2/h8-9H,5H2,1-4H3. The van der Waals surface area contributed by atoms with Gasteiger partial charge in [0.2, 0.25) is 0 Å². The fourth-order valence-corrected chi connectivity index (χ4v) is 1.60. The number of carbonyl (C=O) groups is 1. The topological polar surface area (TPSA) is 17.1 Å². The Hall–Kier alpha value is -0.590. The van der Waals surface area contributed by atoms with Gasteiger partial charge in [-0.05, 0) is 19.8 Å². The van der Waals surface area contributed by atoms with Crippen LogP contribution in [-0.2, 0) is 4.79 Å². The Balaban J connectivity index is 2.95. The van der Waals surface area contributed by atoms with Gasteiger partial charge in [-0.3, -0.25) is 4.79 Å². The van der Waals surface area contributed by atoms with E-state index < -0.39 is 0 Å². The fraction of sp³-hybridized carbons (Fsp3) is 0.700. The first-order chi connectivity index (χ1) is 5.04. The van der Waals surface area contributed by atoms with Crippen LogP contribution in [0.2, 0.25) is 0 Å². The van der Waals surface area contributed by atoms with Gasteiger partial charge in [-0.25, -0.2) is 0 Å². The van der Waals surface area contributed by atoms with Gasteiger partial charge in [0.25, 0.3) is 0 Å². The predicted octanol–water partition coefficient (Wildman–Crippen LogP) is 2.57. The van der Waals surface area contributed by atoms with Crippen LogP contribution in [0.3, 0.4) is 0 Å². The molecule has 0 saturated carbocycles. The molecule has 0 aromatic heterocycles. The lowest BCUT2D eigenvalue weighted by Gasteiger charge is -2.26. The molecular formula is C10H16O. The van der Waals surface area contributed by atoms with Crippen molar-refractivity contribution in [2.75, 3.05) is 0 Å². The van der Waals surface area contributed by atoms with Gasteiger partial charge in [-0.15, -0.1) is 0 Å². The normalized spacial score (nSPS) is 32.9. The minimum absolute atomic E-state index is 0.235. The quantitative estimate of drug-likeness (QED) is 0.487. The van der Waals surface area contributed by atoms with Crippen molar-refractivity contribution in [2.45, 2.75) is 34.1 Å². The molecule has 1 nitrogen and oxygen atoms in total. The molecule has 2 atom stereocenters. The number of carbonyl (C=O) groups excluding carboxylic acids is 1. The van der Waals surface area contributed by atoms with Crippen LogP contribution in [-0.4, -0.2) is 5.78 Å². The Morgan fingerprint density at radius 3 is 2.27 bits per heavy atom. The van der Waals surface area contributed by atoms with Gasteiger partial charge < -0.3 is 0 Å². The molecule has 1 rings (SSSR count). The van der Waals surface area contributed by atoms with Crippen LogP contribution in [0.1, 0.15) is 34.1 Å². The fourth-order valence-electron chi connectivity index (χ4n) is 1.60. The van der Waals surface area contributed by atoms with Crippen molar-refractivity contribution in [1.82, 2.24) is 0 Å². The summed E-state index contributed by atoms with van der Waals surface area (Å²) in [5.41, 5.74) is 2.69. The first-order valence-electron chi connectivity index (χ1n) is 4.23. The summed E-state index contributed by atoms with van der Waals surface area (Å²) in [4.78, 5) is 11.3. The lowest BCUT2D eigenvalue weighted by Crippen LogP contribution is -2.25. The van der Waals surface area contributed by atoms with Gasteiger partial charge in [0.1, 0.15) is 5.78 Å². The predicted molar refractivity (Wildman–Crippen MR) is 46.3 cm³/mol. The molecule has 0 aromatic rings. The Labute approximate surface area is 68.5 Å². The van der Waals surface area contributed by atoms with E-state index in [0.717, 1.165) is 0 Å². The summed E-state index contributed by atoms with van der Waals surface area (Å²) in [7, 11) is 0. The number of hydrogen-bond donors (Lipinski definition) is 0. The first kappa shape index (κ1) is 8.51. The average molecular weight is 152 g/mol. The minimum Gasteiger partial charge on any atom is -0.299 e. The van der Waals surface area contributed by atoms with Crippen LogP contribution < -0.4 is 0 Å². The Morgan fingerprint density at radius 1 is 1.18 bits per heavy atom. The smallest absolute Gasteiger partial charge is 0.140 e. The number of ketones is 1. The highest BCUT2D eigenvalue weighted by atomic mass is 16.1.